The topological polar surface area (TPSA) is 126 Å². The van der Waals surface area contributed by atoms with Gasteiger partial charge in [0.1, 0.15) is 0 Å². The Morgan fingerprint density at radius 1 is 1.03 bits per heavy atom. The average molecular weight is 413 g/mol. The van der Waals surface area contributed by atoms with E-state index in [1.165, 1.54) is 20.4 Å². The molecule has 9 nitrogen and oxygen atoms in total. The number of ether oxygens (including phenoxy) is 3. The van der Waals surface area contributed by atoms with Gasteiger partial charge in [-0.05, 0) is 36.4 Å². The van der Waals surface area contributed by atoms with Gasteiger partial charge in [-0.3, -0.25) is 4.79 Å². The van der Waals surface area contributed by atoms with Crippen LogP contribution in [0.3, 0.4) is 0 Å². The van der Waals surface area contributed by atoms with E-state index in [4.69, 9.17) is 25.7 Å². The minimum absolute atomic E-state index is 0.0133. The average Bonchev–Trinajstić information content (AvgIpc) is 3.14. The zero-order valence-corrected chi connectivity index (χ0v) is 17.7. The van der Waals surface area contributed by atoms with Gasteiger partial charge in [-0.25, -0.2) is 0 Å². The lowest BCUT2D eigenvalue weighted by Crippen LogP contribution is -2.21. The Kier molecular flexibility index (Phi) is 7.62. The molecule has 1 aromatic heterocycles. The highest BCUT2D eigenvalue weighted by atomic mass is 16.5. The molecule has 0 bridgehead atoms. The summed E-state index contributed by atoms with van der Waals surface area (Å²) in [6.45, 7) is 3.70. The smallest absolute Gasteiger partial charge is 0.211 e. The first-order chi connectivity index (χ1) is 14.3. The van der Waals surface area contributed by atoms with Crippen LogP contribution in [0.2, 0.25) is 0 Å². The molecule has 1 aromatic carbocycles. The molecular formula is C21H27N5O4. The van der Waals surface area contributed by atoms with E-state index in [0.717, 1.165) is 5.69 Å². The Labute approximate surface area is 175 Å². The van der Waals surface area contributed by atoms with Crippen molar-refractivity contribution in [1.82, 2.24) is 4.57 Å². The third-order valence-electron chi connectivity index (χ3n) is 4.21. The number of benzene rings is 1. The molecule has 160 valence electrons. The first kappa shape index (κ1) is 22.5. The van der Waals surface area contributed by atoms with Gasteiger partial charge in [0.2, 0.25) is 11.7 Å². The van der Waals surface area contributed by atoms with E-state index in [1.807, 2.05) is 26.0 Å². The SMILES string of the molecule is COc1ccc(-n2c(/C=C/C=N/N=C(N)N)ccc2C(=O)C(C)C)c(OC)c1OC. The summed E-state index contributed by atoms with van der Waals surface area (Å²) in [7, 11) is 4.61. The summed E-state index contributed by atoms with van der Waals surface area (Å²) in [4.78, 5) is 12.9. The number of guanidine groups is 1. The van der Waals surface area contributed by atoms with Crippen LogP contribution in [0, 0.1) is 5.92 Å². The summed E-state index contributed by atoms with van der Waals surface area (Å²) in [6, 6.07) is 7.16. The second kappa shape index (κ2) is 10.1. The highest BCUT2D eigenvalue weighted by Gasteiger charge is 2.23. The summed E-state index contributed by atoms with van der Waals surface area (Å²) in [5, 5.41) is 7.27. The normalized spacial score (nSPS) is 11.3. The number of carbonyl (C=O) groups excluding carboxylic acids is 1. The highest BCUT2D eigenvalue weighted by Crippen LogP contribution is 2.42. The van der Waals surface area contributed by atoms with Crippen molar-refractivity contribution < 1.29 is 19.0 Å². The standard InChI is InChI=1S/C21H27N5O4/c1-13(2)18(27)15-9-8-14(7-6-12-24-25-21(22)23)26(15)16-10-11-17(28-3)20(30-5)19(16)29-4/h6-13H,1-5H3,(H4,22,23,25)/b7-6+,24-12+. The van der Waals surface area contributed by atoms with E-state index >= 15 is 0 Å². The van der Waals surface area contributed by atoms with Crippen LogP contribution in [0.5, 0.6) is 17.2 Å². The molecule has 2 aromatic rings. The number of Topliss-reactive ketones (excluding diaryl/α,β-unsaturated/α-hetero) is 1. The maximum atomic E-state index is 12.9. The molecule has 9 heteroatoms. The second-order valence-corrected chi connectivity index (χ2v) is 6.50. The monoisotopic (exact) mass is 413 g/mol. The fraction of sp³-hybridized carbons (Fsp3) is 0.286. The van der Waals surface area contributed by atoms with Crippen molar-refractivity contribution in [3.63, 3.8) is 0 Å². The zero-order valence-electron chi connectivity index (χ0n) is 17.7. The number of hydrogen-bond donors (Lipinski definition) is 2. The van der Waals surface area contributed by atoms with Crippen LogP contribution < -0.4 is 25.7 Å². The predicted octanol–water partition coefficient (Wildman–Crippen LogP) is 2.61. The van der Waals surface area contributed by atoms with E-state index in [0.29, 0.717) is 28.6 Å². The summed E-state index contributed by atoms with van der Waals surface area (Å²) >= 11 is 0. The largest absolute Gasteiger partial charge is 0.493 e. The molecule has 0 spiro atoms. The fourth-order valence-electron chi connectivity index (χ4n) is 2.88. The van der Waals surface area contributed by atoms with Crippen molar-refractivity contribution in [3.05, 3.63) is 41.7 Å². The van der Waals surface area contributed by atoms with Crippen molar-refractivity contribution in [3.8, 4) is 22.9 Å². The van der Waals surface area contributed by atoms with Gasteiger partial charge in [-0.2, -0.15) is 5.10 Å². The second-order valence-electron chi connectivity index (χ2n) is 6.50. The van der Waals surface area contributed by atoms with Crippen LogP contribution in [-0.4, -0.2) is 43.9 Å². The van der Waals surface area contributed by atoms with Gasteiger partial charge >= 0.3 is 0 Å². The lowest BCUT2D eigenvalue weighted by Gasteiger charge is -2.19. The van der Waals surface area contributed by atoms with Crippen LogP contribution in [0.4, 0.5) is 0 Å². The van der Waals surface area contributed by atoms with Gasteiger partial charge in [-0.1, -0.05) is 13.8 Å². The predicted molar refractivity (Wildman–Crippen MR) is 118 cm³/mol. The zero-order chi connectivity index (χ0) is 22.3. The van der Waals surface area contributed by atoms with Gasteiger partial charge in [-0.15, -0.1) is 5.10 Å². The molecule has 0 atom stereocenters. The minimum Gasteiger partial charge on any atom is -0.493 e. The first-order valence-corrected chi connectivity index (χ1v) is 9.19. The number of aromatic nitrogens is 1. The lowest BCUT2D eigenvalue weighted by atomic mass is 10.1. The molecular weight excluding hydrogens is 386 g/mol. The number of ketones is 1. The van der Waals surface area contributed by atoms with E-state index < -0.39 is 0 Å². The Bertz CT molecular complexity index is 986. The Hall–Kier alpha value is -3.75. The van der Waals surface area contributed by atoms with Crippen LogP contribution in [0.15, 0.2) is 40.5 Å². The maximum absolute atomic E-state index is 12.9. The first-order valence-electron chi connectivity index (χ1n) is 9.19. The molecule has 2 rings (SSSR count). The van der Waals surface area contributed by atoms with Gasteiger partial charge in [0.25, 0.3) is 0 Å². The molecule has 0 amide bonds. The quantitative estimate of drug-likeness (QED) is 0.282. The van der Waals surface area contributed by atoms with Gasteiger partial charge in [0, 0.05) is 17.8 Å². The number of allylic oxidation sites excluding steroid dienone is 1. The van der Waals surface area contributed by atoms with E-state index in [-0.39, 0.29) is 17.7 Å². The van der Waals surface area contributed by atoms with Crippen molar-refractivity contribution in [2.24, 2.45) is 27.6 Å². The maximum Gasteiger partial charge on any atom is 0.211 e. The third kappa shape index (κ3) is 4.80. The van der Waals surface area contributed by atoms with Crippen molar-refractivity contribution in [2.75, 3.05) is 21.3 Å². The molecule has 1 heterocycles. The summed E-state index contributed by atoms with van der Waals surface area (Å²) < 4.78 is 18.3. The lowest BCUT2D eigenvalue weighted by molar-refractivity contribution is 0.0932. The van der Waals surface area contributed by atoms with Crippen LogP contribution >= 0.6 is 0 Å². The summed E-state index contributed by atoms with van der Waals surface area (Å²) in [6.07, 6.45) is 4.88. The fourth-order valence-corrected chi connectivity index (χ4v) is 2.88. The molecule has 0 aliphatic heterocycles. The molecule has 0 saturated carbocycles. The molecule has 0 saturated heterocycles. The molecule has 4 N–H and O–H groups in total. The number of carbonyl (C=O) groups is 1. The third-order valence-corrected chi connectivity index (χ3v) is 4.21. The van der Waals surface area contributed by atoms with Gasteiger partial charge in [0.05, 0.1) is 32.7 Å². The Morgan fingerprint density at radius 2 is 1.73 bits per heavy atom. The molecule has 30 heavy (non-hydrogen) atoms. The van der Waals surface area contributed by atoms with Gasteiger partial charge < -0.3 is 30.2 Å². The molecule has 0 fully saturated rings. The number of methoxy groups -OCH3 is 3. The van der Waals surface area contributed by atoms with Gasteiger partial charge in [0.15, 0.2) is 17.3 Å². The minimum atomic E-state index is -0.190. The van der Waals surface area contributed by atoms with E-state index in [1.54, 1.807) is 36.0 Å². The molecule has 0 aliphatic carbocycles. The summed E-state index contributed by atoms with van der Waals surface area (Å²) in [5.41, 5.74) is 12.4. The van der Waals surface area contributed by atoms with Crippen LogP contribution in [-0.2, 0) is 0 Å². The van der Waals surface area contributed by atoms with Crippen molar-refractivity contribution in [1.29, 1.82) is 0 Å². The molecule has 0 aliphatic rings. The molecule has 0 unspecified atom stereocenters. The van der Waals surface area contributed by atoms with E-state index in [2.05, 4.69) is 10.2 Å². The Morgan fingerprint density at radius 3 is 2.30 bits per heavy atom. The number of rotatable bonds is 9. The van der Waals surface area contributed by atoms with Crippen molar-refractivity contribution in [2.45, 2.75) is 13.8 Å². The van der Waals surface area contributed by atoms with Crippen LogP contribution in [0.25, 0.3) is 11.8 Å². The Balaban J connectivity index is 2.69. The molecule has 0 radical (unpaired) electrons. The van der Waals surface area contributed by atoms with E-state index in [9.17, 15) is 4.79 Å². The number of hydrogen-bond acceptors (Lipinski definition) is 6. The summed E-state index contributed by atoms with van der Waals surface area (Å²) in [5.74, 6) is 1.05. The highest BCUT2D eigenvalue weighted by molar-refractivity contribution is 5.97. The van der Waals surface area contributed by atoms with Crippen LogP contribution in [0.1, 0.15) is 30.0 Å². The number of nitrogens with zero attached hydrogens (tertiary/aromatic N) is 3. The van der Waals surface area contributed by atoms with Crippen molar-refractivity contribution >= 4 is 24.0 Å². The number of nitrogens with two attached hydrogens (primary N) is 2.